The molecule has 0 aliphatic heterocycles. The van der Waals surface area contributed by atoms with Gasteiger partial charge in [-0.2, -0.15) is 0 Å². The van der Waals surface area contributed by atoms with Gasteiger partial charge >= 0.3 is 24.2 Å². The van der Waals surface area contributed by atoms with E-state index in [1.54, 1.807) is 41.5 Å². The Labute approximate surface area is 333 Å². The van der Waals surface area contributed by atoms with Gasteiger partial charge < -0.3 is 23.7 Å². The molecule has 0 atom stereocenters. The van der Waals surface area contributed by atoms with Gasteiger partial charge in [0, 0.05) is 5.33 Å². The number of hydrogen-bond acceptors (Lipinski definition) is 9. The van der Waals surface area contributed by atoms with E-state index < -0.39 is 52.6 Å². The van der Waals surface area contributed by atoms with Crippen LogP contribution in [0.1, 0.15) is 192 Å². The first-order valence-corrected chi connectivity index (χ1v) is 20.9. The van der Waals surface area contributed by atoms with Crippen LogP contribution in [0.3, 0.4) is 0 Å². The van der Waals surface area contributed by atoms with Crippen LogP contribution in [-0.2, 0) is 33.3 Å². The molecule has 0 rings (SSSR count). The lowest BCUT2D eigenvalue weighted by Gasteiger charge is -2.26. The molecule has 0 radical (unpaired) electrons. The topological polar surface area (TPSA) is 114 Å². The number of carbonyl (C=O) groups is 4. The maximum Gasteiger partial charge on any atom is 0.519 e. The van der Waals surface area contributed by atoms with Crippen molar-refractivity contribution in [1.29, 1.82) is 0 Å². The van der Waals surface area contributed by atoms with E-state index in [0.717, 1.165) is 25.7 Å². The maximum absolute atomic E-state index is 12.4. The molecule has 0 aromatic rings. The summed E-state index contributed by atoms with van der Waals surface area (Å²) in [4.78, 5) is 46.9. The molecular formula is C43H79BrO9. The molecule has 10 heteroatoms. The van der Waals surface area contributed by atoms with Crippen molar-refractivity contribution in [1.82, 2.24) is 0 Å². The number of esters is 2. The summed E-state index contributed by atoms with van der Waals surface area (Å²) in [6, 6.07) is 0. The van der Waals surface area contributed by atoms with E-state index in [1.165, 1.54) is 82.4 Å². The number of ether oxygens (including phenoxy) is 5. The average Bonchev–Trinajstić information content (AvgIpc) is 2.96. The van der Waals surface area contributed by atoms with E-state index in [1.807, 2.05) is 53.7 Å². The smallest absolute Gasteiger partial charge is 0.459 e. The van der Waals surface area contributed by atoms with Crippen molar-refractivity contribution >= 4 is 40.2 Å². The van der Waals surface area contributed by atoms with Crippen molar-refractivity contribution in [3.63, 3.8) is 0 Å². The first-order chi connectivity index (χ1) is 24.4. The Morgan fingerprint density at radius 1 is 0.472 bits per heavy atom. The van der Waals surface area contributed by atoms with Crippen molar-refractivity contribution in [2.24, 2.45) is 5.92 Å². The van der Waals surface area contributed by atoms with Crippen LogP contribution in [0.5, 0.6) is 0 Å². The standard InChI is InChI=1S/C22H40O4.C11H21Br.C10H18O5/c1-8-9-10-11-12-13-14-15-16-17-18(19(23)25-21(2,3)4)20(24)26-22(5,6)7;1-2-3-4-5-6-7-8-9-10-11-12;1-9(2,3)14-7(11)13-8(12)15-10(4,5)6/h8,18H,1,9-17H2,2-7H3;2H,1,3-11H2;1-6H3. The molecule has 0 bridgehead atoms. The summed E-state index contributed by atoms with van der Waals surface area (Å²) < 4.78 is 24.6. The van der Waals surface area contributed by atoms with E-state index in [0.29, 0.717) is 6.42 Å². The van der Waals surface area contributed by atoms with E-state index in [4.69, 9.17) is 18.9 Å². The zero-order chi connectivity index (χ0) is 41.6. The van der Waals surface area contributed by atoms with Gasteiger partial charge in [0.25, 0.3) is 0 Å². The molecule has 53 heavy (non-hydrogen) atoms. The second-order valence-electron chi connectivity index (χ2n) is 17.2. The van der Waals surface area contributed by atoms with Crippen LogP contribution in [0, 0.1) is 5.92 Å². The van der Waals surface area contributed by atoms with Crippen molar-refractivity contribution in [2.75, 3.05) is 5.33 Å². The monoisotopic (exact) mass is 818 g/mol. The van der Waals surface area contributed by atoms with Crippen molar-refractivity contribution in [2.45, 2.75) is 215 Å². The van der Waals surface area contributed by atoms with E-state index in [-0.39, 0.29) is 0 Å². The molecule has 0 fully saturated rings. The fourth-order valence-corrected chi connectivity index (χ4v) is 4.87. The predicted octanol–water partition coefficient (Wildman–Crippen LogP) is 13.5. The molecule has 0 unspecified atom stereocenters. The minimum atomic E-state index is -1.06. The van der Waals surface area contributed by atoms with Crippen LogP contribution >= 0.6 is 15.9 Å². The lowest BCUT2D eigenvalue weighted by molar-refractivity contribution is -0.174. The van der Waals surface area contributed by atoms with Gasteiger partial charge in [0.1, 0.15) is 22.4 Å². The molecule has 0 aliphatic rings. The minimum absolute atomic E-state index is 0.476. The highest BCUT2D eigenvalue weighted by atomic mass is 79.9. The normalized spacial score (nSPS) is 11.6. The van der Waals surface area contributed by atoms with Crippen molar-refractivity contribution < 1.29 is 42.9 Å². The second kappa shape index (κ2) is 30.9. The van der Waals surface area contributed by atoms with E-state index in [9.17, 15) is 19.2 Å². The summed E-state index contributed by atoms with van der Waals surface area (Å²) in [5, 5.41) is 1.17. The Hall–Kier alpha value is -2.36. The summed E-state index contributed by atoms with van der Waals surface area (Å²) >= 11 is 3.44. The predicted molar refractivity (Wildman–Crippen MR) is 221 cm³/mol. The molecule has 0 aliphatic carbocycles. The molecule has 0 saturated carbocycles. The maximum atomic E-state index is 12.4. The van der Waals surface area contributed by atoms with E-state index >= 15 is 0 Å². The van der Waals surface area contributed by atoms with Gasteiger partial charge in [-0.15, -0.1) is 13.2 Å². The zero-order valence-corrected chi connectivity index (χ0v) is 37.5. The van der Waals surface area contributed by atoms with Gasteiger partial charge in [0.15, 0.2) is 5.92 Å². The van der Waals surface area contributed by atoms with Crippen LogP contribution in [0.25, 0.3) is 0 Å². The fraction of sp³-hybridized carbons (Fsp3) is 0.814. The highest BCUT2D eigenvalue weighted by Crippen LogP contribution is 2.22. The van der Waals surface area contributed by atoms with Gasteiger partial charge in [-0.1, -0.05) is 98.7 Å². The molecule has 0 amide bonds. The van der Waals surface area contributed by atoms with Gasteiger partial charge in [-0.3, -0.25) is 9.59 Å². The number of carbonyl (C=O) groups excluding carboxylic acids is 4. The number of unbranched alkanes of at least 4 members (excludes halogenated alkanes) is 14. The largest absolute Gasteiger partial charge is 0.519 e. The highest BCUT2D eigenvalue weighted by Gasteiger charge is 2.34. The summed E-state index contributed by atoms with van der Waals surface area (Å²) in [5.41, 5.74) is -2.61. The third-order valence-electron chi connectivity index (χ3n) is 6.77. The highest BCUT2D eigenvalue weighted by molar-refractivity contribution is 9.09. The Bertz CT molecular complexity index is 941. The third-order valence-corrected chi connectivity index (χ3v) is 7.33. The molecule has 0 aromatic carbocycles. The molecular weight excluding hydrogens is 740 g/mol. The fourth-order valence-electron chi connectivity index (χ4n) is 4.48. The molecule has 312 valence electrons. The van der Waals surface area contributed by atoms with Crippen LogP contribution in [0.2, 0.25) is 0 Å². The Morgan fingerprint density at radius 3 is 1.04 bits per heavy atom. The Morgan fingerprint density at radius 2 is 0.755 bits per heavy atom. The quantitative estimate of drug-likeness (QED) is 0.0279. The summed E-state index contributed by atoms with van der Waals surface area (Å²) in [6.45, 7) is 28.3. The molecule has 0 spiro atoms. The molecule has 0 N–H and O–H groups in total. The molecule has 0 aromatic heterocycles. The summed E-state index contributed by atoms with van der Waals surface area (Å²) in [6.07, 6.45) is 22.2. The molecule has 9 nitrogen and oxygen atoms in total. The number of rotatable bonds is 21. The van der Waals surface area contributed by atoms with Gasteiger partial charge in [0.05, 0.1) is 0 Å². The van der Waals surface area contributed by atoms with E-state index in [2.05, 4.69) is 33.8 Å². The first-order valence-electron chi connectivity index (χ1n) is 19.7. The number of hydrogen-bond donors (Lipinski definition) is 0. The van der Waals surface area contributed by atoms with Gasteiger partial charge in [-0.25, -0.2) is 9.59 Å². The lowest BCUT2D eigenvalue weighted by Crippen LogP contribution is -2.36. The van der Waals surface area contributed by atoms with Crippen LogP contribution in [0.4, 0.5) is 9.59 Å². The first kappa shape index (κ1) is 55.0. The minimum Gasteiger partial charge on any atom is -0.459 e. The van der Waals surface area contributed by atoms with Crippen LogP contribution in [0.15, 0.2) is 25.3 Å². The number of halogens is 1. The van der Waals surface area contributed by atoms with Gasteiger partial charge in [-0.05, 0) is 122 Å². The Balaban J connectivity index is -0.000000781. The van der Waals surface area contributed by atoms with Gasteiger partial charge in [0.2, 0.25) is 0 Å². The summed E-state index contributed by atoms with van der Waals surface area (Å²) in [5.74, 6) is -1.78. The Kier molecular flexibility index (Phi) is 32.1. The van der Waals surface area contributed by atoms with Crippen molar-refractivity contribution in [3.8, 4) is 0 Å². The van der Waals surface area contributed by atoms with Crippen LogP contribution < -0.4 is 0 Å². The second-order valence-corrected chi connectivity index (χ2v) is 18.0. The van der Waals surface area contributed by atoms with Crippen LogP contribution in [-0.4, -0.2) is 52.0 Å². The summed E-state index contributed by atoms with van der Waals surface area (Å²) in [7, 11) is 0. The number of allylic oxidation sites excluding steroid dienone is 2. The number of alkyl halides is 1. The lowest BCUT2D eigenvalue weighted by atomic mass is 9.99. The molecule has 0 saturated heterocycles. The average molecular weight is 820 g/mol. The zero-order valence-electron chi connectivity index (χ0n) is 35.9. The SMILES string of the molecule is C=CCCCCCCCCCBr.C=CCCCCCCCCCC(C(=O)OC(C)(C)C)C(=O)OC(C)(C)C.CC(C)(C)OC(=O)OC(=O)OC(C)(C)C. The van der Waals surface area contributed by atoms with Crippen molar-refractivity contribution in [3.05, 3.63) is 25.3 Å². The third kappa shape index (κ3) is 45.7. The molecule has 0 heterocycles.